The van der Waals surface area contributed by atoms with E-state index in [1.165, 1.54) is 0 Å². The van der Waals surface area contributed by atoms with Crippen molar-refractivity contribution in [2.75, 3.05) is 16.8 Å². The lowest BCUT2D eigenvalue weighted by Crippen LogP contribution is -2.28. The quantitative estimate of drug-likeness (QED) is 0.939. The Morgan fingerprint density at radius 1 is 1.00 bits per heavy atom. The van der Waals surface area contributed by atoms with Crippen LogP contribution < -0.4 is 10.2 Å². The highest BCUT2D eigenvalue weighted by atomic mass is 16.2. The number of benzene rings is 2. The SMILES string of the molecule is O=C(Nc1ccccc1)[C@@H]1CC(=O)N(c2ccccc2)C1. The van der Waals surface area contributed by atoms with E-state index in [0.717, 1.165) is 11.4 Å². The first-order chi connectivity index (χ1) is 10.2. The number of hydrogen-bond acceptors (Lipinski definition) is 2. The number of anilines is 2. The lowest BCUT2D eigenvalue weighted by atomic mass is 10.1. The molecule has 2 aromatic rings. The summed E-state index contributed by atoms with van der Waals surface area (Å²) in [6.45, 7) is 0.432. The van der Waals surface area contributed by atoms with Gasteiger partial charge >= 0.3 is 0 Å². The summed E-state index contributed by atoms with van der Waals surface area (Å²) in [5, 5.41) is 2.86. The molecule has 1 saturated heterocycles. The van der Waals surface area contributed by atoms with Crippen LogP contribution in [0.15, 0.2) is 60.7 Å². The zero-order valence-electron chi connectivity index (χ0n) is 11.5. The normalized spacial score (nSPS) is 17.8. The summed E-state index contributed by atoms with van der Waals surface area (Å²) < 4.78 is 0. The van der Waals surface area contributed by atoms with E-state index in [1.54, 1.807) is 4.90 Å². The highest BCUT2D eigenvalue weighted by Crippen LogP contribution is 2.25. The molecule has 4 heteroatoms. The minimum absolute atomic E-state index is 0.00517. The second kappa shape index (κ2) is 5.79. The molecule has 1 fully saturated rings. The molecular formula is C17H16N2O2. The zero-order valence-corrected chi connectivity index (χ0v) is 11.5. The first-order valence-corrected chi connectivity index (χ1v) is 6.95. The van der Waals surface area contributed by atoms with Crippen molar-refractivity contribution in [2.24, 2.45) is 5.92 Å². The predicted molar refractivity (Wildman–Crippen MR) is 82.0 cm³/mol. The van der Waals surface area contributed by atoms with E-state index >= 15 is 0 Å². The van der Waals surface area contributed by atoms with Crippen molar-refractivity contribution >= 4 is 23.2 Å². The molecule has 3 rings (SSSR count). The van der Waals surface area contributed by atoms with Gasteiger partial charge in [0.15, 0.2) is 0 Å². The van der Waals surface area contributed by atoms with Crippen molar-refractivity contribution < 1.29 is 9.59 Å². The minimum atomic E-state index is -0.307. The summed E-state index contributed by atoms with van der Waals surface area (Å²) in [6.07, 6.45) is 0.258. The second-order valence-electron chi connectivity index (χ2n) is 5.10. The highest BCUT2D eigenvalue weighted by molar-refractivity contribution is 6.03. The lowest BCUT2D eigenvalue weighted by Gasteiger charge is -2.16. The number of carbonyl (C=O) groups excluding carboxylic acids is 2. The maximum atomic E-state index is 12.2. The van der Waals surface area contributed by atoms with Crippen LogP contribution in [0.4, 0.5) is 11.4 Å². The third-order valence-electron chi connectivity index (χ3n) is 3.61. The van der Waals surface area contributed by atoms with Gasteiger partial charge < -0.3 is 10.2 Å². The van der Waals surface area contributed by atoms with Gasteiger partial charge in [0.25, 0.3) is 0 Å². The molecule has 2 aromatic carbocycles. The van der Waals surface area contributed by atoms with Crippen molar-refractivity contribution in [1.82, 2.24) is 0 Å². The van der Waals surface area contributed by atoms with Gasteiger partial charge in [0, 0.05) is 24.3 Å². The molecule has 0 aliphatic carbocycles. The number of carbonyl (C=O) groups is 2. The summed E-state index contributed by atoms with van der Waals surface area (Å²) in [5.41, 5.74) is 1.60. The first kappa shape index (κ1) is 13.4. The Balaban J connectivity index is 1.68. The van der Waals surface area contributed by atoms with Crippen LogP contribution in [0.5, 0.6) is 0 Å². The van der Waals surface area contributed by atoms with Gasteiger partial charge in [-0.2, -0.15) is 0 Å². The van der Waals surface area contributed by atoms with Gasteiger partial charge in [-0.25, -0.2) is 0 Å². The molecule has 0 aromatic heterocycles. The third kappa shape index (κ3) is 2.94. The first-order valence-electron chi connectivity index (χ1n) is 6.95. The third-order valence-corrected chi connectivity index (χ3v) is 3.61. The Bertz CT molecular complexity index is 640. The number of nitrogens with one attached hydrogen (secondary N) is 1. The van der Waals surface area contributed by atoms with Crippen molar-refractivity contribution in [3.05, 3.63) is 60.7 Å². The monoisotopic (exact) mass is 280 g/mol. The molecule has 0 spiro atoms. The largest absolute Gasteiger partial charge is 0.326 e. The molecule has 1 N–H and O–H groups in total. The van der Waals surface area contributed by atoms with Gasteiger partial charge in [-0.1, -0.05) is 36.4 Å². The molecule has 1 aliphatic heterocycles. The van der Waals surface area contributed by atoms with E-state index in [4.69, 9.17) is 0 Å². The average Bonchev–Trinajstić information content (AvgIpc) is 2.91. The number of amides is 2. The van der Waals surface area contributed by atoms with E-state index in [0.29, 0.717) is 6.54 Å². The van der Waals surface area contributed by atoms with Gasteiger partial charge in [-0.3, -0.25) is 9.59 Å². The summed E-state index contributed by atoms with van der Waals surface area (Å²) in [6, 6.07) is 18.8. The van der Waals surface area contributed by atoms with Gasteiger partial charge in [0.05, 0.1) is 5.92 Å². The van der Waals surface area contributed by atoms with E-state index < -0.39 is 0 Å². The Labute approximate surface area is 123 Å². The molecule has 1 atom stereocenters. The number of nitrogens with zero attached hydrogens (tertiary/aromatic N) is 1. The Morgan fingerprint density at radius 3 is 2.29 bits per heavy atom. The fraction of sp³-hybridized carbons (Fsp3) is 0.176. The molecule has 106 valence electrons. The second-order valence-corrected chi connectivity index (χ2v) is 5.10. The van der Waals surface area contributed by atoms with Crippen molar-refractivity contribution in [3.63, 3.8) is 0 Å². The van der Waals surface area contributed by atoms with Crippen molar-refractivity contribution in [2.45, 2.75) is 6.42 Å². The van der Waals surface area contributed by atoms with Gasteiger partial charge in [-0.15, -0.1) is 0 Å². The van der Waals surface area contributed by atoms with Gasteiger partial charge in [0.1, 0.15) is 0 Å². The maximum Gasteiger partial charge on any atom is 0.229 e. The highest BCUT2D eigenvalue weighted by Gasteiger charge is 2.34. The van der Waals surface area contributed by atoms with Crippen LogP contribution in [-0.4, -0.2) is 18.4 Å². The number of rotatable bonds is 3. The number of hydrogen-bond donors (Lipinski definition) is 1. The maximum absolute atomic E-state index is 12.2. The van der Waals surface area contributed by atoms with Crippen LogP contribution in [0, 0.1) is 5.92 Å². The smallest absolute Gasteiger partial charge is 0.229 e. The zero-order chi connectivity index (χ0) is 14.7. The van der Waals surface area contributed by atoms with Crippen LogP contribution in [0.3, 0.4) is 0 Å². The topological polar surface area (TPSA) is 49.4 Å². The molecule has 1 aliphatic rings. The Morgan fingerprint density at radius 2 is 1.62 bits per heavy atom. The number of para-hydroxylation sites is 2. The molecule has 2 amide bonds. The molecule has 1 heterocycles. The summed E-state index contributed by atoms with van der Waals surface area (Å²) in [7, 11) is 0. The van der Waals surface area contributed by atoms with Gasteiger partial charge in [0.2, 0.25) is 11.8 Å². The molecule has 0 unspecified atom stereocenters. The van der Waals surface area contributed by atoms with Crippen molar-refractivity contribution in [3.8, 4) is 0 Å². The lowest BCUT2D eigenvalue weighted by molar-refractivity contribution is -0.122. The fourth-order valence-corrected chi connectivity index (χ4v) is 2.51. The predicted octanol–water partition coefficient (Wildman–Crippen LogP) is 2.68. The van der Waals surface area contributed by atoms with Gasteiger partial charge in [-0.05, 0) is 24.3 Å². The Hall–Kier alpha value is -2.62. The molecule has 0 bridgehead atoms. The van der Waals surface area contributed by atoms with Crippen LogP contribution in [0.1, 0.15) is 6.42 Å². The average molecular weight is 280 g/mol. The van der Waals surface area contributed by atoms with E-state index in [-0.39, 0.29) is 24.2 Å². The fourth-order valence-electron chi connectivity index (χ4n) is 2.51. The Kier molecular flexibility index (Phi) is 3.69. The molecule has 4 nitrogen and oxygen atoms in total. The molecule has 21 heavy (non-hydrogen) atoms. The van der Waals surface area contributed by atoms with E-state index in [1.807, 2.05) is 60.7 Å². The van der Waals surface area contributed by atoms with E-state index in [2.05, 4.69) is 5.32 Å². The minimum Gasteiger partial charge on any atom is -0.326 e. The van der Waals surface area contributed by atoms with Crippen LogP contribution in [0.25, 0.3) is 0 Å². The van der Waals surface area contributed by atoms with Crippen LogP contribution >= 0.6 is 0 Å². The molecular weight excluding hydrogens is 264 g/mol. The standard InChI is InChI=1S/C17H16N2O2/c20-16-11-13(12-19(16)15-9-5-2-6-10-15)17(21)18-14-7-3-1-4-8-14/h1-10,13H,11-12H2,(H,18,21)/t13-/m1/s1. The molecule has 0 radical (unpaired) electrons. The van der Waals surface area contributed by atoms with Crippen LogP contribution in [0.2, 0.25) is 0 Å². The van der Waals surface area contributed by atoms with Crippen molar-refractivity contribution in [1.29, 1.82) is 0 Å². The van der Waals surface area contributed by atoms with Crippen LogP contribution in [-0.2, 0) is 9.59 Å². The summed E-state index contributed by atoms with van der Waals surface area (Å²) >= 11 is 0. The summed E-state index contributed by atoms with van der Waals surface area (Å²) in [4.78, 5) is 26.0. The molecule has 0 saturated carbocycles. The summed E-state index contributed by atoms with van der Waals surface area (Å²) in [5.74, 6) is -0.416. The van der Waals surface area contributed by atoms with E-state index in [9.17, 15) is 9.59 Å².